The molecule has 0 radical (unpaired) electrons. The molecule has 3 atom stereocenters. The summed E-state index contributed by atoms with van der Waals surface area (Å²) in [7, 11) is 1.80. The lowest BCUT2D eigenvalue weighted by Crippen LogP contribution is -2.41. The van der Waals surface area contributed by atoms with Gasteiger partial charge in [0.2, 0.25) is 0 Å². The number of nitrogens with one attached hydrogen (secondary N) is 1. The van der Waals surface area contributed by atoms with Gasteiger partial charge in [-0.3, -0.25) is 5.32 Å². The van der Waals surface area contributed by atoms with Crippen molar-refractivity contribution in [2.24, 2.45) is 11.8 Å². The molecule has 2 nitrogen and oxygen atoms in total. The van der Waals surface area contributed by atoms with Crippen LogP contribution in [-0.4, -0.2) is 18.4 Å². The van der Waals surface area contributed by atoms with Crippen LogP contribution in [0.2, 0.25) is 0 Å². The van der Waals surface area contributed by atoms with Crippen LogP contribution in [0.5, 0.6) is 0 Å². The molecule has 0 spiro atoms. The van der Waals surface area contributed by atoms with E-state index in [4.69, 9.17) is 0 Å². The summed E-state index contributed by atoms with van der Waals surface area (Å²) in [6.45, 7) is 2.19. The van der Waals surface area contributed by atoms with Crippen molar-refractivity contribution in [2.45, 2.75) is 26.0 Å². The SMILES string of the molecule is CNC(O)[C@H]1CC[C@H]1C. The van der Waals surface area contributed by atoms with Crippen molar-refractivity contribution in [1.82, 2.24) is 5.32 Å². The maximum Gasteiger partial charge on any atom is 0.107 e. The molecule has 9 heavy (non-hydrogen) atoms. The molecule has 2 N–H and O–H groups in total. The second-order valence-electron chi connectivity index (χ2n) is 2.95. The maximum absolute atomic E-state index is 9.24. The molecule has 0 aliphatic heterocycles. The Morgan fingerprint density at radius 2 is 2.22 bits per heavy atom. The van der Waals surface area contributed by atoms with Crippen molar-refractivity contribution in [3.05, 3.63) is 0 Å². The Labute approximate surface area is 56.3 Å². The fourth-order valence-electron chi connectivity index (χ4n) is 1.38. The van der Waals surface area contributed by atoms with E-state index < -0.39 is 0 Å². The number of aliphatic hydroxyl groups is 1. The molecule has 1 aliphatic carbocycles. The van der Waals surface area contributed by atoms with Gasteiger partial charge in [-0.1, -0.05) is 6.92 Å². The van der Waals surface area contributed by atoms with Crippen LogP contribution in [0.4, 0.5) is 0 Å². The standard InChI is InChI=1S/C7H15NO/c1-5-3-4-6(5)7(9)8-2/h5-9H,3-4H2,1-2H3/t5-,6+,7?/m1/s1. The molecular formula is C7H15NO. The molecule has 54 valence electrons. The minimum absolute atomic E-state index is 0.270. The summed E-state index contributed by atoms with van der Waals surface area (Å²) in [5, 5.41) is 12.1. The molecule has 1 aliphatic rings. The summed E-state index contributed by atoms with van der Waals surface area (Å²) in [6.07, 6.45) is 2.20. The van der Waals surface area contributed by atoms with Gasteiger partial charge in [0, 0.05) is 5.92 Å². The van der Waals surface area contributed by atoms with Crippen LogP contribution in [0.15, 0.2) is 0 Å². The minimum Gasteiger partial charge on any atom is -0.378 e. The van der Waals surface area contributed by atoms with Crippen molar-refractivity contribution in [1.29, 1.82) is 0 Å². The summed E-state index contributed by atoms with van der Waals surface area (Å²) in [6, 6.07) is 0. The van der Waals surface area contributed by atoms with Crippen molar-refractivity contribution in [3.63, 3.8) is 0 Å². The lowest BCUT2D eigenvalue weighted by Gasteiger charge is -2.37. The van der Waals surface area contributed by atoms with Gasteiger partial charge in [0.1, 0.15) is 6.23 Å². The highest BCUT2D eigenvalue weighted by Gasteiger charge is 2.31. The third-order valence-corrected chi connectivity index (χ3v) is 2.39. The normalized spacial score (nSPS) is 37.7. The second-order valence-corrected chi connectivity index (χ2v) is 2.95. The molecule has 0 aromatic carbocycles. The molecule has 0 bridgehead atoms. The van der Waals surface area contributed by atoms with Gasteiger partial charge < -0.3 is 5.11 Å². The van der Waals surface area contributed by atoms with Crippen molar-refractivity contribution >= 4 is 0 Å². The summed E-state index contributed by atoms with van der Waals surface area (Å²) in [5.74, 6) is 1.22. The average molecular weight is 129 g/mol. The summed E-state index contributed by atoms with van der Waals surface area (Å²) >= 11 is 0. The fourth-order valence-corrected chi connectivity index (χ4v) is 1.38. The van der Waals surface area contributed by atoms with E-state index in [1.54, 1.807) is 7.05 Å². The van der Waals surface area contributed by atoms with E-state index in [9.17, 15) is 5.11 Å². The van der Waals surface area contributed by atoms with Gasteiger partial charge >= 0.3 is 0 Å². The van der Waals surface area contributed by atoms with E-state index in [2.05, 4.69) is 12.2 Å². The van der Waals surface area contributed by atoms with Crippen LogP contribution in [0.25, 0.3) is 0 Å². The van der Waals surface area contributed by atoms with Gasteiger partial charge in [0.25, 0.3) is 0 Å². The number of hydrogen-bond donors (Lipinski definition) is 2. The van der Waals surface area contributed by atoms with E-state index in [0.717, 1.165) is 0 Å². The summed E-state index contributed by atoms with van der Waals surface area (Å²) in [4.78, 5) is 0. The second kappa shape index (κ2) is 2.67. The van der Waals surface area contributed by atoms with Gasteiger partial charge in [0.15, 0.2) is 0 Å². The molecule has 0 saturated heterocycles. The van der Waals surface area contributed by atoms with Gasteiger partial charge in [-0.05, 0) is 25.8 Å². The average Bonchev–Trinajstić information content (AvgIpc) is 1.84. The number of hydrogen-bond acceptors (Lipinski definition) is 2. The lowest BCUT2D eigenvalue weighted by atomic mass is 9.74. The van der Waals surface area contributed by atoms with Crippen LogP contribution in [-0.2, 0) is 0 Å². The molecule has 0 aromatic rings. The third-order valence-electron chi connectivity index (χ3n) is 2.39. The summed E-state index contributed by atoms with van der Waals surface area (Å²) < 4.78 is 0. The molecule has 0 heterocycles. The molecule has 1 unspecified atom stereocenters. The molecule has 1 fully saturated rings. The first kappa shape index (κ1) is 7.03. The minimum atomic E-state index is -0.270. The monoisotopic (exact) mass is 129 g/mol. The highest BCUT2D eigenvalue weighted by atomic mass is 16.3. The Bertz CT molecular complexity index is 94.9. The van der Waals surface area contributed by atoms with Gasteiger partial charge in [-0.15, -0.1) is 0 Å². The maximum atomic E-state index is 9.24. The van der Waals surface area contributed by atoms with Crippen LogP contribution in [0.3, 0.4) is 0 Å². The first-order valence-corrected chi connectivity index (χ1v) is 3.61. The Kier molecular flexibility index (Phi) is 2.09. The van der Waals surface area contributed by atoms with Gasteiger partial charge in [-0.25, -0.2) is 0 Å². The molecule has 0 aromatic heterocycles. The molecule has 1 rings (SSSR count). The van der Waals surface area contributed by atoms with E-state index in [1.807, 2.05) is 0 Å². The van der Waals surface area contributed by atoms with E-state index in [0.29, 0.717) is 11.8 Å². The molecule has 1 saturated carbocycles. The largest absolute Gasteiger partial charge is 0.378 e. The summed E-state index contributed by atoms with van der Waals surface area (Å²) in [5.41, 5.74) is 0. The van der Waals surface area contributed by atoms with Crippen LogP contribution < -0.4 is 5.32 Å². The van der Waals surface area contributed by atoms with E-state index >= 15 is 0 Å². The van der Waals surface area contributed by atoms with Crippen LogP contribution in [0, 0.1) is 11.8 Å². The zero-order valence-electron chi connectivity index (χ0n) is 6.09. The Balaban J connectivity index is 2.25. The first-order valence-electron chi connectivity index (χ1n) is 3.61. The van der Waals surface area contributed by atoms with Crippen LogP contribution >= 0.6 is 0 Å². The smallest absolute Gasteiger partial charge is 0.107 e. The van der Waals surface area contributed by atoms with Crippen molar-refractivity contribution in [3.8, 4) is 0 Å². The quantitative estimate of drug-likeness (QED) is 0.534. The molecule has 0 amide bonds. The van der Waals surface area contributed by atoms with Gasteiger partial charge in [-0.2, -0.15) is 0 Å². The molecule has 2 heteroatoms. The zero-order valence-corrected chi connectivity index (χ0v) is 6.09. The topological polar surface area (TPSA) is 32.3 Å². The number of aliphatic hydroxyl groups excluding tert-OH is 1. The predicted molar refractivity (Wildman–Crippen MR) is 37.0 cm³/mol. The van der Waals surface area contributed by atoms with Crippen molar-refractivity contribution in [2.75, 3.05) is 7.05 Å². The van der Waals surface area contributed by atoms with E-state index in [1.165, 1.54) is 12.8 Å². The Morgan fingerprint density at radius 3 is 2.33 bits per heavy atom. The Morgan fingerprint density at radius 1 is 1.56 bits per heavy atom. The first-order chi connectivity index (χ1) is 4.25. The van der Waals surface area contributed by atoms with Crippen molar-refractivity contribution < 1.29 is 5.11 Å². The lowest BCUT2D eigenvalue weighted by molar-refractivity contribution is 0.00344. The highest BCUT2D eigenvalue weighted by molar-refractivity contribution is 4.80. The number of rotatable bonds is 2. The molecular weight excluding hydrogens is 114 g/mol. The fraction of sp³-hybridized carbons (Fsp3) is 1.00. The Hall–Kier alpha value is -0.0800. The van der Waals surface area contributed by atoms with Crippen LogP contribution in [0.1, 0.15) is 19.8 Å². The predicted octanol–water partition coefficient (Wildman–Crippen LogP) is 0.570. The van der Waals surface area contributed by atoms with Gasteiger partial charge in [0.05, 0.1) is 0 Å². The zero-order chi connectivity index (χ0) is 6.85. The third kappa shape index (κ3) is 1.25. The van der Waals surface area contributed by atoms with E-state index in [-0.39, 0.29) is 6.23 Å². The highest BCUT2D eigenvalue weighted by Crippen LogP contribution is 2.35.